The smallest absolute Gasteiger partial charge is 0.325 e. The van der Waals surface area contributed by atoms with Crippen molar-refractivity contribution in [2.24, 2.45) is 0 Å². The number of benzene rings is 1. The highest BCUT2D eigenvalue weighted by Crippen LogP contribution is 2.21. The van der Waals surface area contributed by atoms with E-state index in [0.717, 1.165) is 11.3 Å². The van der Waals surface area contributed by atoms with Crippen LogP contribution in [0.1, 0.15) is 18.9 Å². The Balaban J connectivity index is 1.84. The van der Waals surface area contributed by atoms with Crippen LogP contribution in [0.5, 0.6) is 0 Å². The number of hydrogen-bond acceptors (Lipinski definition) is 4. The number of nitrogens with zero attached hydrogens (tertiary/aromatic N) is 1. The standard InChI is InChI=1S/C16H21N3O4/c1-3-23-15(21)9-17-16(22)18-12-8-14(20)19(10-12)13-6-4-11(2)5-7-13/h4-7,12H,3,8-10H2,1-2H3,(H2,17,18,22). The molecule has 0 radical (unpaired) electrons. The number of urea groups is 1. The lowest BCUT2D eigenvalue weighted by atomic mass is 10.2. The molecule has 0 aliphatic carbocycles. The Bertz CT molecular complexity index is 585. The summed E-state index contributed by atoms with van der Waals surface area (Å²) in [5.74, 6) is -0.532. The van der Waals surface area contributed by atoms with E-state index >= 15 is 0 Å². The molecule has 0 saturated carbocycles. The molecule has 1 aromatic carbocycles. The molecule has 1 aromatic rings. The van der Waals surface area contributed by atoms with Crippen LogP contribution in [0.2, 0.25) is 0 Å². The fourth-order valence-corrected chi connectivity index (χ4v) is 2.38. The first-order chi connectivity index (χ1) is 11.0. The van der Waals surface area contributed by atoms with Crippen LogP contribution in [-0.2, 0) is 14.3 Å². The van der Waals surface area contributed by atoms with E-state index in [0.29, 0.717) is 6.54 Å². The first kappa shape index (κ1) is 16.8. The minimum atomic E-state index is -0.494. The van der Waals surface area contributed by atoms with Crippen LogP contribution in [0.3, 0.4) is 0 Å². The lowest BCUT2D eigenvalue weighted by Gasteiger charge is -2.17. The third-order valence-corrected chi connectivity index (χ3v) is 3.50. The van der Waals surface area contributed by atoms with E-state index < -0.39 is 12.0 Å². The second kappa shape index (κ2) is 7.62. The molecular weight excluding hydrogens is 298 g/mol. The molecule has 0 spiro atoms. The van der Waals surface area contributed by atoms with Crippen molar-refractivity contribution in [2.75, 3.05) is 24.6 Å². The summed E-state index contributed by atoms with van der Waals surface area (Å²) in [6.07, 6.45) is 0.237. The SMILES string of the molecule is CCOC(=O)CNC(=O)NC1CC(=O)N(c2ccc(C)cc2)C1. The minimum Gasteiger partial charge on any atom is -0.465 e. The Labute approximate surface area is 135 Å². The van der Waals surface area contributed by atoms with E-state index in [2.05, 4.69) is 10.6 Å². The zero-order valence-corrected chi connectivity index (χ0v) is 13.3. The second-order valence-electron chi connectivity index (χ2n) is 5.37. The predicted molar refractivity (Wildman–Crippen MR) is 85.1 cm³/mol. The molecule has 23 heavy (non-hydrogen) atoms. The fourth-order valence-electron chi connectivity index (χ4n) is 2.38. The number of amides is 3. The van der Waals surface area contributed by atoms with Gasteiger partial charge in [-0.15, -0.1) is 0 Å². The van der Waals surface area contributed by atoms with Crippen molar-refractivity contribution in [3.63, 3.8) is 0 Å². The summed E-state index contributed by atoms with van der Waals surface area (Å²) in [7, 11) is 0. The van der Waals surface area contributed by atoms with Crippen molar-refractivity contribution in [1.82, 2.24) is 10.6 Å². The van der Waals surface area contributed by atoms with Gasteiger partial charge in [-0.3, -0.25) is 9.59 Å². The van der Waals surface area contributed by atoms with E-state index in [9.17, 15) is 14.4 Å². The molecule has 1 aliphatic heterocycles. The van der Waals surface area contributed by atoms with Gasteiger partial charge in [0.2, 0.25) is 5.91 Å². The molecule has 1 atom stereocenters. The topological polar surface area (TPSA) is 87.7 Å². The molecule has 124 valence electrons. The molecule has 1 aliphatic rings. The summed E-state index contributed by atoms with van der Waals surface area (Å²) in [5.41, 5.74) is 1.94. The van der Waals surface area contributed by atoms with Crippen molar-refractivity contribution in [3.05, 3.63) is 29.8 Å². The van der Waals surface area contributed by atoms with E-state index in [1.54, 1.807) is 11.8 Å². The van der Waals surface area contributed by atoms with Crippen LogP contribution < -0.4 is 15.5 Å². The highest BCUT2D eigenvalue weighted by molar-refractivity contribution is 5.96. The van der Waals surface area contributed by atoms with Crippen molar-refractivity contribution < 1.29 is 19.1 Å². The molecule has 7 nitrogen and oxygen atoms in total. The highest BCUT2D eigenvalue weighted by atomic mass is 16.5. The van der Waals surface area contributed by atoms with Crippen molar-refractivity contribution in [1.29, 1.82) is 0 Å². The summed E-state index contributed by atoms with van der Waals surface area (Å²) >= 11 is 0. The normalized spacial score (nSPS) is 17.0. The number of rotatable bonds is 5. The quantitative estimate of drug-likeness (QED) is 0.792. The predicted octanol–water partition coefficient (Wildman–Crippen LogP) is 0.963. The molecule has 0 aromatic heterocycles. The van der Waals surface area contributed by atoms with Gasteiger partial charge in [0.25, 0.3) is 0 Å². The van der Waals surface area contributed by atoms with Gasteiger partial charge in [0.05, 0.1) is 12.6 Å². The van der Waals surface area contributed by atoms with Gasteiger partial charge in [-0.1, -0.05) is 17.7 Å². The van der Waals surface area contributed by atoms with Gasteiger partial charge in [-0.2, -0.15) is 0 Å². The van der Waals surface area contributed by atoms with Gasteiger partial charge in [0.15, 0.2) is 0 Å². The maximum Gasteiger partial charge on any atom is 0.325 e. The Kier molecular flexibility index (Phi) is 5.56. The Morgan fingerprint density at radius 2 is 2.00 bits per heavy atom. The summed E-state index contributed by atoms with van der Waals surface area (Å²) in [4.78, 5) is 36.6. The molecule has 0 bridgehead atoms. The molecule has 1 fully saturated rings. The first-order valence-corrected chi connectivity index (χ1v) is 7.56. The van der Waals surface area contributed by atoms with E-state index in [1.165, 1.54) is 0 Å². The molecule has 2 N–H and O–H groups in total. The zero-order chi connectivity index (χ0) is 16.8. The van der Waals surface area contributed by atoms with Crippen LogP contribution in [0.4, 0.5) is 10.5 Å². The summed E-state index contributed by atoms with van der Waals surface area (Å²) in [6.45, 7) is 4.16. The molecule has 3 amide bonds. The molecular formula is C16H21N3O4. The molecule has 1 heterocycles. The number of carbonyl (C=O) groups is 3. The third kappa shape index (κ3) is 4.70. The number of ether oxygens (including phenoxy) is 1. The van der Waals surface area contributed by atoms with Gasteiger partial charge in [-0.05, 0) is 26.0 Å². The van der Waals surface area contributed by atoms with E-state index in [-0.39, 0.29) is 31.5 Å². The van der Waals surface area contributed by atoms with Crippen molar-refractivity contribution in [3.8, 4) is 0 Å². The van der Waals surface area contributed by atoms with Crippen LogP contribution in [-0.4, -0.2) is 43.6 Å². The van der Waals surface area contributed by atoms with Gasteiger partial charge >= 0.3 is 12.0 Å². The van der Waals surface area contributed by atoms with Crippen LogP contribution in [0.15, 0.2) is 24.3 Å². The molecule has 1 saturated heterocycles. The van der Waals surface area contributed by atoms with Crippen molar-refractivity contribution >= 4 is 23.6 Å². The summed E-state index contributed by atoms with van der Waals surface area (Å²) in [5, 5.41) is 5.11. The van der Waals surface area contributed by atoms with Crippen LogP contribution >= 0.6 is 0 Å². The van der Waals surface area contributed by atoms with Gasteiger partial charge in [-0.25, -0.2) is 4.79 Å². The molecule has 2 rings (SSSR count). The van der Waals surface area contributed by atoms with E-state index in [1.807, 2.05) is 31.2 Å². The fraction of sp³-hybridized carbons (Fsp3) is 0.438. The Morgan fingerprint density at radius 1 is 1.30 bits per heavy atom. The maximum atomic E-state index is 12.1. The Morgan fingerprint density at radius 3 is 2.65 bits per heavy atom. The van der Waals surface area contributed by atoms with Crippen molar-refractivity contribution in [2.45, 2.75) is 26.3 Å². The van der Waals surface area contributed by atoms with Gasteiger partial charge in [0.1, 0.15) is 6.54 Å². The molecule has 7 heteroatoms. The van der Waals surface area contributed by atoms with Gasteiger partial charge < -0.3 is 20.3 Å². The number of anilines is 1. The monoisotopic (exact) mass is 319 g/mol. The average molecular weight is 319 g/mol. The number of nitrogens with one attached hydrogen (secondary N) is 2. The lowest BCUT2D eigenvalue weighted by Crippen LogP contribution is -2.45. The zero-order valence-electron chi connectivity index (χ0n) is 13.3. The largest absolute Gasteiger partial charge is 0.465 e. The maximum absolute atomic E-state index is 12.1. The highest BCUT2D eigenvalue weighted by Gasteiger charge is 2.31. The second-order valence-corrected chi connectivity index (χ2v) is 5.37. The number of aryl methyl sites for hydroxylation is 1. The Hall–Kier alpha value is -2.57. The lowest BCUT2D eigenvalue weighted by molar-refractivity contribution is -0.141. The summed E-state index contributed by atoms with van der Waals surface area (Å²) < 4.78 is 4.72. The number of carbonyl (C=O) groups excluding carboxylic acids is 3. The molecule has 1 unspecified atom stereocenters. The van der Waals surface area contributed by atoms with Gasteiger partial charge in [0, 0.05) is 18.7 Å². The minimum absolute atomic E-state index is 0.0375. The third-order valence-electron chi connectivity index (χ3n) is 3.50. The number of esters is 1. The number of hydrogen-bond donors (Lipinski definition) is 2. The van der Waals surface area contributed by atoms with Crippen LogP contribution in [0.25, 0.3) is 0 Å². The average Bonchev–Trinajstić information content (AvgIpc) is 2.87. The summed E-state index contributed by atoms with van der Waals surface area (Å²) in [6, 6.07) is 6.88. The van der Waals surface area contributed by atoms with Crippen LogP contribution in [0, 0.1) is 6.92 Å². The first-order valence-electron chi connectivity index (χ1n) is 7.56. The van der Waals surface area contributed by atoms with E-state index in [4.69, 9.17) is 4.74 Å².